The van der Waals surface area contributed by atoms with Crippen molar-refractivity contribution in [2.45, 2.75) is 44.6 Å². The molecule has 3 rings (SSSR count). The van der Waals surface area contributed by atoms with Crippen molar-refractivity contribution in [1.82, 2.24) is 4.90 Å². The first-order chi connectivity index (χ1) is 11.1. The van der Waals surface area contributed by atoms with Crippen LogP contribution in [-0.4, -0.2) is 35.2 Å². The maximum atomic E-state index is 12.4. The monoisotopic (exact) mass is 319 g/mol. The van der Waals surface area contributed by atoms with Crippen molar-refractivity contribution in [3.8, 4) is 11.5 Å². The molecule has 0 radical (unpaired) electrons. The number of amides is 1. The minimum Gasteiger partial charge on any atom is -0.481 e. The summed E-state index contributed by atoms with van der Waals surface area (Å²) < 4.78 is 10.7. The van der Waals surface area contributed by atoms with Gasteiger partial charge < -0.3 is 19.5 Å². The lowest BCUT2D eigenvalue weighted by molar-refractivity contribution is -0.137. The molecule has 23 heavy (non-hydrogen) atoms. The molecule has 0 bridgehead atoms. The van der Waals surface area contributed by atoms with Crippen molar-refractivity contribution < 1.29 is 24.2 Å². The third-order valence-electron chi connectivity index (χ3n) is 4.39. The van der Waals surface area contributed by atoms with Crippen LogP contribution in [0.1, 0.15) is 50.1 Å². The Morgan fingerprint density at radius 3 is 2.78 bits per heavy atom. The van der Waals surface area contributed by atoms with Crippen LogP contribution in [0.5, 0.6) is 11.5 Å². The summed E-state index contributed by atoms with van der Waals surface area (Å²) in [5.74, 6) is 0.786. The van der Waals surface area contributed by atoms with Crippen LogP contribution >= 0.6 is 0 Å². The summed E-state index contributed by atoms with van der Waals surface area (Å²) >= 11 is 0. The molecule has 1 N–H and O–H groups in total. The van der Waals surface area contributed by atoms with E-state index < -0.39 is 5.97 Å². The molecule has 1 fully saturated rings. The molecule has 0 aromatic heterocycles. The number of unbranched alkanes of at least 4 members (excludes halogenated alkanes) is 1. The fraction of sp³-hybridized carbons (Fsp3) is 0.529. The first-order valence-corrected chi connectivity index (χ1v) is 8.06. The van der Waals surface area contributed by atoms with Gasteiger partial charge in [-0.1, -0.05) is 6.07 Å². The number of carboxylic acids is 1. The zero-order chi connectivity index (χ0) is 16.2. The predicted octanol–water partition coefficient (Wildman–Crippen LogP) is 2.72. The Morgan fingerprint density at radius 1 is 1.17 bits per heavy atom. The minimum atomic E-state index is -0.808. The van der Waals surface area contributed by atoms with Gasteiger partial charge in [-0.3, -0.25) is 9.59 Å². The Hall–Kier alpha value is -2.24. The lowest BCUT2D eigenvalue weighted by Crippen LogP contribution is -2.30. The van der Waals surface area contributed by atoms with E-state index in [4.69, 9.17) is 14.6 Å². The fourth-order valence-electron chi connectivity index (χ4n) is 3.23. The van der Waals surface area contributed by atoms with Crippen LogP contribution in [0.2, 0.25) is 0 Å². The number of carbonyl (C=O) groups excluding carboxylic acids is 1. The summed E-state index contributed by atoms with van der Waals surface area (Å²) in [4.78, 5) is 24.9. The minimum absolute atomic E-state index is 0.0801. The summed E-state index contributed by atoms with van der Waals surface area (Å²) in [7, 11) is 0. The van der Waals surface area contributed by atoms with Crippen LogP contribution in [-0.2, 0) is 9.59 Å². The number of hydrogen-bond acceptors (Lipinski definition) is 4. The molecule has 0 spiro atoms. The molecule has 2 aliphatic heterocycles. The number of likely N-dealkylation sites (tertiary alicyclic amines) is 1. The van der Waals surface area contributed by atoms with E-state index in [1.165, 1.54) is 0 Å². The first-order valence-electron chi connectivity index (χ1n) is 8.06. The van der Waals surface area contributed by atoms with Gasteiger partial charge in [0.05, 0.1) is 6.04 Å². The Bertz CT molecular complexity index is 601. The number of rotatable bonds is 6. The highest BCUT2D eigenvalue weighted by Crippen LogP contribution is 2.39. The molecule has 6 nitrogen and oxygen atoms in total. The van der Waals surface area contributed by atoms with Gasteiger partial charge in [0, 0.05) is 19.4 Å². The highest BCUT2D eigenvalue weighted by Gasteiger charge is 2.30. The summed E-state index contributed by atoms with van der Waals surface area (Å²) in [5.41, 5.74) is 1.07. The third kappa shape index (κ3) is 3.57. The normalized spacial score (nSPS) is 19.1. The number of nitrogens with zero attached hydrogens (tertiary/aromatic N) is 1. The molecule has 2 heterocycles. The molecule has 1 unspecified atom stereocenters. The Kier molecular flexibility index (Phi) is 4.69. The number of benzene rings is 1. The van der Waals surface area contributed by atoms with Crippen LogP contribution in [0.25, 0.3) is 0 Å². The van der Waals surface area contributed by atoms with Gasteiger partial charge in [0.25, 0.3) is 0 Å². The summed E-state index contributed by atoms with van der Waals surface area (Å²) in [6.07, 6.45) is 3.63. The topological polar surface area (TPSA) is 76.1 Å². The predicted molar refractivity (Wildman–Crippen MR) is 82.4 cm³/mol. The summed E-state index contributed by atoms with van der Waals surface area (Å²) in [6.45, 7) is 1.01. The largest absolute Gasteiger partial charge is 0.481 e. The SMILES string of the molecule is O=C(O)CCCCC(=O)N1CCCC1c1ccc2c(c1)OCO2. The van der Waals surface area contributed by atoms with Crippen molar-refractivity contribution in [1.29, 1.82) is 0 Å². The van der Waals surface area contributed by atoms with Crippen molar-refractivity contribution in [3.05, 3.63) is 23.8 Å². The fourth-order valence-corrected chi connectivity index (χ4v) is 3.23. The lowest BCUT2D eigenvalue weighted by atomic mass is 10.0. The van der Waals surface area contributed by atoms with E-state index in [0.29, 0.717) is 19.3 Å². The molecule has 1 amide bonds. The number of fused-ring (bicyclic) bond motifs is 1. The average Bonchev–Trinajstić information content (AvgIpc) is 3.18. The standard InChI is InChI=1S/C17H21NO5/c19-16(5-1-2-6-17(20)21)18-9-3-4-13(18)12-7-8-14-15(10-12)23-11-22-14/h7-8,10,13H,1-6,9,11H2,(H,20,21). The van der Waals surface area contributed by atoms with Crippen molar-refractivity contribution in [2.24, 2.45) is 0 Å². The van der Waals surface area contributed by atoms with Crippen LogP contribution in [0.4, 0.5) is 0 Å². The molecule has 1 aromatic rings. The summed E-state index contributed by atoms with van der Waals surface area (Å²) in [5, 5.41) is 8.64. The van der Waals surface area contributed by atoms with Gasteiger partial charge in [0.15, 0.2) is 11.5 Å². The molecule has 6 heteroatoms. The molecular weight excluding hydrogens is 298 g/mol. The van der Waals surface area contributed by atoms with Gasteiger partial charge >= 0.3 is 5.97 Å². The lowest BCUT2D eigenvalue weighted by Gasteiger charge is -2.25. The van der Waals surface area contributed by atoms with E-state index in [-0.39, 0.29) is 25.2 Å². The number of hydrogen-bond donors (Lipinski definition) is 1. The van der Waals surface area contributed by atoms with Crippen LogP contribution in [0, 0.1) is 0 Å². The molecular formula is C17H21NO5. The smallest absolute Gasteiger partial charge is 0.303 e. The van der Waals surface area contributed by atoms with Crippen molar-refractivity contribution >= 4 is 11.9 Å². The maximum absolute atomic E-state index is 12.4. The second kappa shape index (κ2) is 6.89. The van der Waals surface area contributed by atoms with Gasteiger partial charge in [0.1, 0.15) is 0 Å². The molecule has 2 aliphatic rings. The van der Waals surface area contributed by atoms with E-state index in [0.717, 1.165) is 36.4 Å². The highest BCUT2D eigenvalue weighted by molar-refractivity contribution is 5.77. The van der Waals surface area contributed by atoms with E-state index in [2.05, 4.69) is 0 Å². The molecule has 1 atom stereocenters. The van der Waals surface area contributed by atoms with E-state index in [1.807, 2.05) is 23.1 Å². The Balaban J connectivity index is 1.61. The molecule has 1 saturated heterocycles. The first kappa shape index (κ1) is 15.6. The van der Waals surface area contributed by atoms with E-state index in [1.54, 1.807) is 0 Å². The van der Waals surface area contributed by atoms with Crippen LogP contribution < -0.4 is 9.47 Å². The molecule has 0 aliphatic carbocycles. The van der Waals surface area contributed by atoms with Gasteiger partial charge in [-0.25, -0.2) is 0 Å². The van der Waals surface area contributed by atoms with Gasteiger partial charge in [-0.2, -0.15) is 0 Å². The van der Waals surface area contributed by atoms with Gasteiger partial charge in [-0.05, 0) is 43.4 Å². The second-order valence-electron chi connectivity index (χ2n) is 5.96. The van der Waals surface area contributed by atoms with Crippen molar-refractivity contribution in [2.75, 3.05) is 13.3 Å². The second-order valence-corrected chi connectivity index (χ2v) is 5.96. The van der Waals surface area contributed by atoms with Crippen LogP contribution in [0.15, 0.2) is 18.2 Å². The number of carboxylic acid groups (broad SMARTS) is 1. The van der Waals surface area contributed by atoms with Crippen molar-refractivity contribution in [3.63, 3.8) is 0 Å². The average molecular weight is 319 g/mol. The summed E-state index contributed by atoms with van der Waals surface area (Å²) in [6, 6.07) is 5.93. The van der Waals surface area contributed by atoms with Crippen LogP contribution in [0.3, 0.4) is 0 Å². The molecule has 0 saturated carbocycles. The van der Waals surface area contributed by atoms with Gasteiger partial charge in [-0.15, -0.1) is 0 Å². The molecule has 124 valence electrons. The zero-order valence-electron chi connectivity index (χ0n) is 13.0. The van der Waals surface area contributed by atoms with Gasteiger partial charge in [0.2, 0.25) is 12.7 Å². The van der Waals surface area contributed by atoms with E-state index >= 15 is 0 Å². The number of ether oxygens (including phenoxy) is 2. The third-order valence-corrected chi connectivity index (χ3v) is 4.39. The number of carbonyl (C=O) groups is 2. The zero-order valence-corrected chi connectivity index (χ0v) is 13.0. The quantitative estimate of drug-likeness (QED) is 0.816. The molecule has 1 aromatic carbocycles. The number of aliphatic carboxylic acids is 1. The Labute approximate surface area is 135 Å². The maximum Gasteiger partial charge on any atom is 0.303 e. The Morgan fingerprint density at radius 2 is 1.96 bits per heavy atom. The highest BCUT2D eigenvalue weighted by atomic mass is 16.7. The van der Waals surface area contributed by atoms with E-state index in [9.17, 15) is 9.59 Å².